The van der Waals surface area contributed by atoms with Gasteiger partial charge in [0.2, 0.25) is 0 Å². The van der Waals surface area contributed by atoms with Crippen LogP contribution in [0, 0.1) is 0 Å². The first-order valence-corrected chi connectivity index (χ1v) is 10.9. The average molecular weight is 494 g/mol. The quantitative estimate of drug-likeness (QED) is 0.546. The van der Waals surface area contributed by atoms with Crippen LogP contribution < -0.4 is 15.2 Å². The SMILES string of the molecule is COc1c(Cl)cc(C(=O)N2CCN(c3cnn(-c4ccccc4)c(=O)c3Cl)CC2)cc1Cl. The van der Waals surface area contributed by atoms with E-state index in [-0.39, 0.29) is 21.0 Å². The molecule has 0 atom stereocenters. The molecular weight excluding hydrogens is 475 g/mol. The van der Waals surface area contributed by atoms with Gasteiger partial charge in [-0.3, -0.25) is 9.59 Å². The number of ether oxygens (including phenoxy) is 1. The Balaban J connectivity index is 1.49. The van der Waals surface area contributed by atoms with Crippen LogP contribution in [0.4, 0.5) is 5.69 Å². The molecule has 2 aromatic carbocycles. The lowest BCUT2D eigenvalue weighted by molar-refractivity contribution is 0.0746. The third-order valence-corrected chi connectivity index (χ3v) is 6.17. The molecule has 0 unspecified atom stereocenters. The summed E-state index contributed by atoms with van der Waals surface area (Å²) in [5.74, 6) is 0.155. The molecule has 166 valence electrons. The van der Waals surface area contributed by atoms with Crippen molar-refractivity contribution in [1.29, 1.82) is 0 Å². The first-order chi connectivity index (χ1) is 15.4. The Morgan fingerprint density at radius 1 is 1.00 bits per heavy atom. The maximum atomic E-state index is 12.9. The van der Waals surface area contributed by atoms with Gasteiger partial charge < -0.3 is 14.5 Å². The number of carbonyl (C=O) groups is 1. The molecule has 1 aliphatic heterocycles. The van der Waals surface area contributed by atoms with Gasteiger partial charge in [0.25, 0.3) is 11.5 Å². The van der Waals surface area contributed by atoms with E-state index in [1.165, 1.54) is 11.8 Å². The zero-order valence-corrected chi connectivity index (χ0v) is 19.4. The molecule has 0 saturated carbocycles. The number of anilines is 1. The van der Waals surface area contributed by atoms with E-state index >= 15 is 0 Å². The summed E-state index contributed by atoms with van der Waals surface area (Å²) in [6, 6.07) is 12.2. The fraction of sp³-hybridized carbons (Fsp3) is 0.227. The molecule has 0 spiro atoms. The van der Waals surface area contributed by atoms with E-state index < -0.39 is 5.56 Å². The van der Waals surface area contributed by atoms with Crippen LogP contribution in [-0.2, 0) is 0 Å². The summed E-state index contributed by atoms with van der Waals surface area (Å²) in [7, 11) is 1.46. The Labute approximate surface area is 199 Å². The van der Waals surface area contributed by atoms with Crippen molar-refractivity contribution in [3.63, 3.8) is 0 Å². The molecule has 7 nitrogen and oxygen atoms in total. The lowest BCUT2D eigenvalue weighted by Gasteiger charge is -2.36. The average Bonchev–Trinajstić information content (AvgIpc) is 2.81. The Bertz CT molecular complexity index is 1190. The number of aromatic nitrogens is 2. The largest absolute Gasteiger partial charge is 0.494 e. The monoisotopic (exact) mass is 492 g/mol. The number of benzene rings is 2. The van der Waals surface area contributed by atoms with Gasteiger partial charge in [0, 0.05) is 31.7 Å². The molecule has 1 fully saturated rings. The second-order valence-electron chi connectivity index (χ2n) is 7.15. The van der Waals surface area contributed by atoms with Crippen molar-refractivity contribution in [2.24, 2.45) is 0 Å². The minimum Gasteiger partial charge on any atom is -0.494 e. The van der Waals surface area contributed by atoms with Crippen LogP contribution in [0.15, 0.2) is 53.5 Å². The van der Waals surface area contributed by atoms with Crippen molar-refractivity contribution >= 4 is 46.4 Å². The number of halogens is 3. The number of carbonyl (C=O) groups excluding carboxylic acids is 1. The molecule has 1 saturated heterocycles. The molecule has 2 heterocycles. The maximum absolute atomic E-state index is 12.9. The highest BCUT2D eigenvalue weighted by molar-refractivity contribution is 6.37. The van der Waals surface area contributed by atoms with Gasteiger partial charge in [0.05, 0.1) is 34.7 Å². The topological polar surface area (TPSA) is 67.7 Å². The lowest BCUT2D eigenvalue weighted by atomic mass is 10.1. The van der Waals surface area contributed by atoms with Crippen LogP contribution in [0.25, 0.3) is 5.69 Å². The summed E-state index contributed by atoms with van der Waals surface area (Å²) in [6.07, 6.45) is 1.58. The van der Waals surface area contributed by atoms with Gasteiger partial charge in [0.1, 0.15) is 5.02 Å². The minimum absolute atomic E-state index is 0.0948. The van der Waals surface area contributed by atoms with Gasteiger partial charge in [-0.2, -0.15) is 9.78 Å². The van der Waals surface area contributed by atoms with Crippen LogP contribution in [0.5, 0.6) is 5.75 Å². The van der Waals surface area contributed by atoms with E-state index in [2.05, 4.69) is 5.10 Å². The summed E-state index contributed by atoms with van der Waals surface area (Å²) in [4.78, 5) is 29.3. The van der Waals surface area contributed by atoms with E-state index in [0.717, 1.165) is 0 Å². The second kappa shape index (κ2) is 9.40. The second-order valence-corrected chi connectivity index (χ2v) is 8.34. The number of methoxy groups -OCH3 is 1. The number of hydrogen-bond donors (Lipinski definition) is 0. The molecule has 10 heteroatoms. The minimum atomic E-state index is -0.392. The van der Waals surface area contributed by atoms with Crippen LogP contribution in [0.1, 0.15) is 10.4 Å². The predicted octanol–water partition coefficient (Wildman–Crippen LogP) is 4.16. The number of nitrogens with zero attached hydrogens (tertiary/aromatic N) is 4. The first kappa shape index (κ1) is 22.5. The first-order valence-electron chi connectivity index (χ1n) is 9.81. The molecule has 0 aliphatic carbocycles. The summed E-state index contributed by atoms with van der Waals surface area (Å²) < 4.78 is 6.40. The summed E-state index contributed by atoms with van der Waals surface area (Å²) >= 11 is 18.7. The Morgan fingerprint density at radius 2 is 1.62 bits per heavy atom. The smallest absolute Gasteiger partial charge is 0.292 e. The number of piperazine rings is 1. The Kier molecular flexibility index (Phi) is 6.60. The number of rotatable bonds is 4. The van der Waals surface area contributed by atoms with Gasteiger partial charge >= 0.3 is 0 Å². The van der Waals surface area contributed by atoms with E-state index in [1.807, 2.05) is 23.1 Å². The van der Waals surface area contributed by atoms with Gasteiger partial charge in [-0.1, -0.05) is 53.0 Å². The summed E-state index contributed by atoms with van der Waals surface area (Å²) in [5.41, 5.74) is 1.18. The van der Waals surface area contributed by atoms with Crippen molar-refractivity contribution in [2.45, 2.75) is 0 Å². The van der Waals surface area contributed by atoms with Gasteiger partial charge in [-0.25, -0.2) is 0 Å². The van der Waals surface area contributed by atoms with Crippen LogP contribution in [-0.4, -0.2) is 53.9 Å². The van der Waals surface area contributed by atoms with Gasteiger partial charge in [0.15, 0.2) is 5.75 Å². The van der Waals surface area contributed by atoms with Gasteiger partial charge in [-0.05, 0) is 24.3 Å². The fourth-order valence-corrected chi connectivity index (χ4v) is 4.50. The number of amides is 1. The summed E-state index contributed by atoms with van der Waals surface area (Å²) in [6.45, 7) is 1.88. The molecule has 1 aliphatic rings. The van der Waals surface area contributed by atoms with Crippen LogP contribution in [0.3, 0.4) is 0 Å². The van der Waals surface area contributed by atoms with Crippen molar-refractivity contribution in [1.82, 2.24) is 14.7 Å². The molecule has 1 amide bonds. The normalized spacial score (nSPS) is 13.9. The lowest BCUT2D eigenvalue weighted by Crippen LogP contribution is -2.49. The molecule has 0 bridgehead atoms. The molecule has 1 aromatic heterocycles. The van der Waals surface area contributed by atoms with E-state index in [4.69, 9.17) is 39.5 Å². The number of hydrogen-bond acceptors (Lipinski definition) is 5. The number of para-hydroxylation sites is 1. The molecule has 0 radical (unpaired) electrons. The third kappa shape index (κ3) is 4.28. The van der Waals surface area contributed by atoms with Crippen molar-refractivity contribution in [2.75, 3.05) is 38.2 Å². The van der Waals surface area contributed by atoms with E-state index in [0.29, 0.717) is 48.9 Å². The predicted molar refractivity (Wildman–Crippen MR) is 126 cm³/mol. The Morgan fingerprint density at radius 3 is 2.22 bits per heavy atom. The highest BCUT2D eigenvalue weighted by atomic mass is 35.5. The van der Waals surface area contributed by atoms with Crippen molar-refractivity contribution in [3.05, 3.63) is 79.6 Å². The zero-order chi connectivity index (χ0) is 22.8. The summed E-state index contributed by atoms with van der Waals surface area (Å²) in [5, 5.41) is 4.93. The zero-order valence-electron chi connectivity index (χ0n) is 17.1. The molecule has 32 heavy (non-hydrogen) atoms. The van der Waals surface area contributed by atoms with Crippen molar-refractivity contribution in [3.8, 4) is 11.4 Å². The highest BCUT2D eigenvalue weighted by Crippen LogP contribution is 2.34. The van der Waals surface area contributed by atoms with Crippen LogP contribution in [0.2, 0.25) is 15.1 Å². The van der Waals surface area contributed by atoms with Crippen molar-refractivity contribution < 1.29 is 9.53 Å². The maximum Gasteiger partial charge on any atom is 0.292 e. The standard InChI is InChI=1S/C22H19Cl3N4O3/c1-32-20-16(23)11-14(12-17(20)24)21(30)28-9-7-27(8-10-28)18-13-26-29(22(31)19(18)25)15-5-3-2-4-6-15/h2-6,11-13H,7-10H2,1H3. The molecule has 4 rings (SSSR count). The molecule has 0 N–H and O–H groups in total. The van der Waals surface area contributed by atoms with Gasteiger partial charge in [-0.15, -0.1) is 0 Å². The van der Waals surface area contributed by atoms with E-state index in [1.54, 1.807) is 35.4 Å². The third-order valence-electron chi connectivity index (χ3n) is 5.26. The molecule has 3 aromatic rings. The molecular formula is C22H19Cl3N4O3. The van der Waals surface area contributed by atoms with Crippen LogP contribution >= 0.6 is 34.8 Å². The highest BCUT2D eigenvalue weighted by Gasteiger charge is 2.26. The Hall–Kier alpha value is -2.74. The van der Waals surface area contributed by atoms with E-state index in [9.17, 15) is 9.59 Å². The fourth-order valence-electron chi connectivity index (χ4n) is 3.61.